The Morgan fingerprint density at radius 3 is 2.37 bits per heavy atom. The van der Waals surface area contributed by atoms with Crippen LogP contribution in [-0.4, -0.2) is 56.7 Å². The van der Waals surface area contributed by atoms with E-state index in [1.54, 1.807) is 10.5 Å². The van der Waals surface area contributed by atoms with Gasteiger partial charge in [-0.15, -0.1) is 0 Å². The number of piperidine rings is 1. The summed E-state index contributed by atoms with van der Waals surface area (Å²) >= 11 is 0. The average Bonchev–Trinajstić information content (AvgIpc) is 3.06. The largest absolute Gasteiger partial charge is 0.371 e. The van der Waals surface area contributed by atoms with Crippen molar-refractivity contribution in [3.05, 3.63) is 35.9 Å². The average molecular weight is 369 g/mol. The number of rotatable bonds is 5. The summed E-state index contributed by atoms with van der Waals surface area (Å²) in [6.45, 7) is 4.86. The van der Waals surface area contributed by atoms with Crippen LogP contribution in [0.25, 0.3) is 0 Å². The molecule has 0 bridgehead atoms. The van der Waals surface area contributed by atoms with Crippen molar-refractivity contribution in [3.63, 3.8) is 0 Å². The maximum absolute atomic E-state index is 12.1. The summed E-state index contributed by atoms with van der Waals surface area (Å²) in [4.78, 5) is 18.2. The molecule has 2 amide bonds. The fraction of sp³-hybridized carbons (Fsp3) is 0.591. The van der Waals surface area contributed by atoms with E-state index in [4.69, 9.17) is 0 Å². The monoisotopic (exact) mass is 368 g/mol. The molecule has 5 nitrogen and oxygen atoms in total. The Balaban J connectivity index is 1.27. The minimum atomic E-state index is 0.0997. The molecule has 2 fully saturated rings. The first-order chi connectivity index (χ1) is 13.2. The van der Waals surface area contributed by atoms with Gasteiger partial charge < -0.3 is 15.1 Å². The number of carbonyl (C=O) groups excluding carboxylic acids is 1. The molecule has 3 aliphatic rings. The normalized spacial score (nSPS) is 21.7. The second-order valence-electron chi connectivity index (χ2n) is 8.12. The lowest BCUT2D eigenvalue weighted by Crippen LogP contribution is -2.43. The van der Waals surface area contributed by atoms with Gasteiger partial charge in [0.2, 0.25) is 0 Å². The predicted octanol–water partition coefficient (Wildman–Crippen LogP) is 3.62. The van der Waals surface area contributed by atoms with Crippen LogP contribution < -0.4 is 15.1 Å². The molecule has 5 heteroatoms. The molecule has 0 saturated carbocycles. The molecular formula is C22H32N4O. The van der Waals surface area contributed by atoms with Crippen LogP contribution in [0.5, 0.6) is 0 Å². The van der Waals surface area contributed by atoms with Crippen LogP contribution in [0.2, 0.25) is 0 Å². The number of hydrogen-bond donors (Lipinski definition) is 1. The molecule has 0 unspecified atom stereocenters. The number of benzene rings is 1. The smallest absolute Gasteiger partial charge is 0.324 e. The van der Waals surface area contributed by atoms with Gasteiger partial charge in [-0.05, 0) is 62.8 Å². The van der Waals surface area contributed by atoms with Crippen LogP contribution in [0.4, 0.5) is 16.2 Å². The molecule has 27 heavy (non-hydrogen) atoms. The van der Waals surface area contributed by atoms with Crippen LogP contribution in [0.3, 0.4) is 0 Å². The van der Waals surface area contributed by atoms with E-state index in [0.717, 1.165) is 38.4 Å². The van der Waals surface area contributed by atoms with Gasteiger partial charge in [0, 0.05) is 57.2 Å². The number of urea groups is 1. The summed E-state index contributed by atoms with van der Waals surface area (Å²) in [5.41, 5.74) is 3.89. The molecule has 0 atom stereocenters. The molecule has 0 radical (unpaired) electrons. The Bertz CT molecular complexity index is 676. The number of nitrogens with zero attached hydrogens (tertiary/aromatic N) is 3. The molecule has 1 aromatic rings. The second-order valence-corrected chi connectivity index (χ2v) is 8.12. The fourth-order valence-corrected chi connectivity index (χ4v) is 4.41. The molecule has 1 aliphatic carbocycles. The maximum atomic E-state index is 12.1. The first-order valence-electron chi connectivity index (χ1n) is 10.5. The molecule has 1 aromatic carbocycles. The van der Waals surface area contributed by atoms with Crippen molar-refractivity contribution >= 4 is 17.4 Å². The van der Waals surface area contributed by atoms with Crippen LogP contribution >= 0.6 is 0 Å². The van der Waals surface area contributed by atoms with Gasteiger partial charge in [0.15, 0.2) is 0 Å². The molecule has 0 aromatic heterocycles. The minimum Gasteiger partial charge on any atom is -0.371 e. The Kier molecular flexibility index (Phi) is 5.67. The first-order valence-corrected chi connectivity index (χ1v) is 10.5. The van der Waals surface area contributed by atoms with Crippen molar-refractivity contribution in [2.24, 2.45) is 0 Å². The highest BCUT2D eigenvalue weighted by atomic mass is 16.2. The van der Waals surface area contributed by atoms with Crippen molar-refractivity contribution in [2.45, 2.75) is 44.6 Å². The molecule has 146 valence electrons. The van der Waals surface area contributed by atoms with E-state index in [2.05, 4.69) is 40.6 Å². The van der Waals surface area contributed by atoms with E-state index in [1.165, 1.54) is 44.2 Å². The highest BCUT2D eigenvalue weighted by Gasteiger charge is 2.26. The Morgan fingerprint density at radius 2 is 1.74 bits per heavy atom. The first kappa shape index (κ1) is 18.4. The van der Waals surface area contributed by atoms with Gasteiger partial charge in [0.1, 0.15) is 0 Å². The highest BCUT2D eigenvalue weighted by Crippen LogP contribution is 2.26. The van der Waals surface area contributed by atoms with Gasteiger partial charge in [-0.25, -0.2) is 4.79 Å². The van der Waals surface area contributed by atoms with Crippen molar-refractivity contribution in [3.8, 4) is 0 Å². The van der Waals surface area contributed by atoms with Crippen LogP contribution in [-0.2, 0) is 0 Å². The zero-order valence-corrected chi connectivity index (χ0v) is 16.5. The van der Waals surface area contributed by atoms with Gasteiger partial charge in [-0.1, -0.05) is 11.6 Å². The zero-order valence-electron chi connectivity index (χ0n) is 16.5. The Morgan fingerprint density at radius 1 is 1.00 bits per heavy atom. The number of likely N-dealkylation sites (N-methyl/N-ethyl adjacent to an activating group) is 1. The summed E-state index contributed by atoms with van der Waals surface area (Å²) < 4.78 is 0. The number of hydrogen-bond acceptors (Lipinski definition) is 3. The van der Waals surface area contributed by atoms with Crippen LogP contribution in [0.1, 0.15) is 38.5 Å². The van der Waals surface area contributed by atoms with E-state index in [1.807, 2.05) is 11.9 Å². The number of amides is 2. The quantitative estimate of drug-likeness (QED) is 0.807. The van der Waals surface area contributed by atoms with Gasteiger partial charge in [-0.2, -0.15) is 0 Å². The zero-order chi connectivity index (χ0) is 18.6. The number of anilines is 2. The van der Waals surface area contributed by atoms with Crippen molar-refractivity contribution in [1.29, 1.82) is 0 Å². The lowest BCUT2D eigenvalue weighted by molar-refractivity contribution is 0.229. The molecule has 2 heterocycles. The van der Waals surface area contributed by atoms with Crippen LogP contribution in [0.15, 0.2) is 35.9 Å². The van der Waals surface area contributed by atoms with Crippen molar-refractivity contribution < 1.29 is 4.79 Å². The van der Waals surface area contributed by atoms with Gasteiger partial charge in [-0.3, -0.25) is 4.90 Å². The summed E-state index contributed by atoms with van der Waals surface area (Å²) in [5, 5.41) is 3.77. The Hall–Kier alpha value is -2.01. The molecule has 2 aliphatic heterocycles. The Labute approximate surface area is 163 Å². The van der Waals surface area contributed by atoms with Gasteiger partial charge >= 0.3 is 6.03 Å². The van der Waals surface area contributed by atoms with E-state index < -0.39 is 0 Å². The third-order valence-corrected chi connectivity index (χ3v) is 6.24. The number of allylic oxidation sites excluding steroid dienone is 1. The fourth-order valence-electron chi connectivity index (χ4n) is 4.41. The number of carbonyl (C=O) groups is 1. The third kappa shape index (κ3) is 4.29. The molecule has 0 spiro atoms. The predicted molar refractivity (Wildman–Crippen MR) is 112 cm³/mol. The van der Waals surface area contributed by atoms with E-state index in [9.17, 15) is 4.79 Å². The van der Waals surface area contributed by atoms with E-state index in [0.29, 0.717) is 6.04 Å². The lowest BCUT2D eigenvalue weighted by Gasteiger charge is -2.34. The van der Waals surface area contributed by atoms with E-state index >= 15 is 0 Å². The molecule has 2 saturated heterocycles. The summed E-state index contributed by atoms with van der Waals surface area (Å²) in [6.07, 6.45) is 10.1. The van der Waals surface area contributed by atoms with Crippen molar-refractivity contribution in [2.75, 3.05) is 49.6 Å². The minimum absolute atomic E-state index is 0.0997. The summed E-state index contributed by atoms with van der Waals surface area (Å²) in [7, 11) is 1.86. The molecule has 1 N–H and O–H groups in total. The standard InChI is InChI=1S/C22H32N4O/c1-24-15-16-26(22(24)27)21-9-7-20(8-10-21)25-13-11-19(12-14-25)23-17-18-5-3-2-4-6-18/h5,7-10,19,23H,2-4,6,11-17H2,1H3. The maximum Gasteiger partial charge on any atom is 0.324 e. The third-order valence-electron chi connectivity index (χ3n) is 6.24. The topological polar surface area (TPSA) is 38.8 Å². The molecular weight excluding hydrogens is 336 g/mol. The highest BCUT2D eigenvalue weighted by molar-refractivity contribution is 5.94. The lowest BCUT2D eigenvalue weighted by atomic mass is 9.98. The summed E-state index contributed by atoms with van der Waals surface area (Å²) in [6, 6.07) is 9.26. The number of nitrogens with one attached hydrogen (secondary N) is 1. The SMILES string of the molecule is CN1CCN(c2ccc(N3CCC(NCC4=CCCCC4)CC3)cc2)C1=O. The van der Waals surface area contributed by atoms with E-state index in [-0.39, 0.29) is 6.03 Å². The summed E-state index contributed by atoms with van der Waals surface area (Å²) in [5.74, 6) is 0. The van der Waals surface area contributed by atoms with Crippen molar-refractivity contribution in [1.82, 2.24) is 10.2 Å². The van der Waals surface area contributed by atoms with Gasteiger partial charge in [0.05, 0.1) is 0 Å². The van der Waals surface area contributed by atoms with Gasteiger partial charge in [0.25, 0.3) is 0 Å². The van der Waals surface area contributed by atoms with Crippen LogP contribution in [0, 0.1) is 0 Å². The second kappa shape index (κ2) is 8.34. The molecule has 4 rings (SSSR count).